The van der Waals surface area contributed by atoms with Crippen LogP contribution in [0.4, 0.5) is 29.1 Å². The maximum atomic E-state index is 13.9. The highest BCUT2D eigenvalue weighted by atomic mass is 19.4. The SMILES string of the molecule is COc1ccc(Nc2nc(C(F)(F)F)nc3c(F)cccc23)cc1. The minimum Gasteiger partial charge on any atom is -0.497 e. The second kappa shape index (κ2) is 5.95. The van der Waals surface area contributed by atoms with E-state index in [1.807, 2.05) is 0 Å². The van der Waals surface area contributed by atoms with Crippen LogP contribution in [0.25, 0.3) is 10.9 Å². The molecule has 3 aromatic rings. The summed E-state index contributed by atoms with van der Waals surface area (Å²) in [5, 5.41) is 2.92. The summed E-state index contributed by atoms with van der Waals surface area (Å²) in [6, 6.07) is 10.4. The second-order valence-corrected chi connectivity index (χ2v) is 4.88. The molecule has 8 heteroatoms. The molecule has 2 aromatic carbocycles. The Bertz CT molecular complexity index is 879. The van der Waals surface area contributed by atoms with Crippen LogP contribution in [0, 0.1) is 5.82 Å². The monoisotopic (exact) mass is 337 g/mol. The molecule has 0 fully saturated rings. The molecular formula is C16H11F4N3O. The fourth-order valence-corrected chi connectivity index (χ4v) is 2.15. The highest BCUT2D eigenvalue weighted by molar-refractivity contribution is 5.91. The van der Waals surface area contributed by atoms with Crippen LogP contribution >= 0.6 is 0 Å². The fraction of sp³-hybridized carbons (Fsp3) is 0.125. The minimum absolute atomic E-state index is 0.128. The first kappa shape index (κ1) is 16.0. The molecule has 0 spiro atoms. The number of hydrogen-bond acceptors (Lipinski definition) is 4. The molecule has 0 atom stereocenters. The number of methoxy groups -OCH3 is 1. The van der Waals surface area contributed by atoms with Gasteiger partial charge in [-0.3, -0.25) is 0 Å². The third-order valence-electron chi connectivity index (χ3n) is 3.28. The molecule has 0 aliphatic heterocycles. The van der Waals surface area contributed by atoms with Crippen LogP contribution in [0.1, 0.15) is 5.82 Å². The lowest BCUT2D eigenvalue weighted by Gasteiger charge is -2.13. The molecular weight excluding hydrogens is 326 g/mol. The fourth-order valence-electron chi connectivity index (χ4n) is 2.15. The third-order valence-corrected chi connectivity index (χ3v) is 3.28. The summed E-state index contributed by atoms with van der Waals surface area (Å²) >= 11 is 0. The Labute approximate surface area is 134 Å². The number of nitrogens with one attached hydrogen (secondary N) is 1. The van der Waals surface area contributed by atoms with Crippen LogP contribution in [-0.2, 0) is 6.18 Å². The average molecular weight is 337 g/mol. The lowest BCUT2D eigenvalue weighted by molar-refractivity contribution is -0.144. The van der Waals surface area contributed by atoms with E-state index in [0.717, 1.165) is 6.07 Å². The normalized spacial score (nSPS) is 11.5. The molecule has 24 heavy (non-hydrogen) atoms. The number of hydrogen-bond donors (Lipinski definition) is 1. The zero-order chi connectivity index (χ0) is 17.3. The van der Waals surface area contributed by atoms with Gasteiger partial charge < -0.3 is 10.1 Å². The molecule has 0 unspecified atom stereocenters. The molecule has 0 amide bonds. The summed E-state index contributed by atoms with van der Waals surface area (Å²) < 4.78 is 57.8. The van der Waals surface area contributed by atoms with Gasteiger partial charge in [-0.25, -0.2) is 14.4 Å². The maximum Gasteiger partial charge on any atom is 0.451 e. The Morgan fingerprint density at radius 1 is 1.00 bits per heavy atom. The molecule has 0 radical (unpaired) electrons. The molecule has 3 rings (SSSR count). The zero-order valence-electron chi connectivity index (χ0n) is 12.4. The molecule has 124 valence electrons. The third kappa shape index (κ3) is 3.08. The van der Waals surface area contributed by atoms with Crippen LogP contribution in [0.5, 0.6) is 5.75 Å². The Morgan fingerprint density at radius 3 is 2.33 bits per heavy atom. The van der Waals surface area contributed by atoms with E-state index in [0.29, 0.717) is 11.4 Å². The van der Waals surface area contributed by atoms with E-state index in [9.17, 15) is 17.6 Å². The number of benzene rings is 2. The van der Waals surface area contributed by atoms with Crippen molar-refractivity contribution in [3.63, 3.8) is 0 Å². The lowest BCUT2D eigenvalue weighted by Crippen LogP contribution is -2.13. The van der Waals surface area contributed by atoms with Crippen LogP contribution in [0.3, 0.4) is 0 Å². The van der Waals surface area contributed by atoms with Gasteiger partial charge in [0.05, 0.1) is 7.11 Å². The first-order valence-electron chi connectivity index (χ1n) is 6.83. The molecule has 0 aliphatic carbocycles. The Kier molecular flexibility index (Phi) is 3.96. The van der Waals surface area contributed by atoms with Crippen molar-refractivity contribution in [1.82, 2.24) is 9.97 Å². The van der Waals surface area contributed by atoms with Crippen molar-refractivity contribution in [3.05, 3.63) is 54.1 Å². The van der Waals surface area contributed by atoms with Gasteiger partial charge in [-0.15, -0.1) is 0 Å². The predicted octanol–water partition coefficient (Wildman–Crippen LogP) is 4.54. The topological polar surface area (TPSA) is 47.0 Å². The zero-order valence-corrected chi connectivity index (χ0v) is 12.4. The lowest BCUT2D eigenvalue weighted by atomic mass is 10.2. The number of para-hydroxylation sites is 1. The number of rotatable bonds is 3. The number of fused-ring (bicyclic) bond motifs is 1. The summed E-state index contributed by atoms with van der Waals surface area (Å²) in [6.07, 6.45) is -4.78. The first-order valence-corrected chi connectivity index (χ1v) is 6.83. The van der Waals surface area contributed by atoms with Gasteiger partial charge in [-0.1, -0.05) is 6.07 Å². The van der Waals surface area contributed by atoms with Crippen molar-refractivity contribution >= 4 is 22.4 Å². The standard InChI is InChI=1S/C16H11F4N3O/c1-24-10-7-5-9(6-8-10)21-14-11-3-2-4-12(17)13(11)22-15(23-14)16(18,19)20/h2-8H,1H3,(H,21,22,23). The minimum atomic E-state index is -4.78. The Morgan fingerprint density at radius 2 is 1.71 bits per heavy atom. The smallest absolute Gasteiger partial charge is 0.451 e. The Balaban J connectivity index is 2.12. The van der Waals surface area contributed by atoms with Crippen molar-refractivity contribution in [2.75, 3.05) is 12.4 Å². The first-order chi connectivity index (χ1) is 11.4. The van der Waals surface area contributed by atoms with E-state index in [2.05, 4.69) is 15.3 Å². The summed E-state index contributed by atoms with van der Waals surface area (Å²) in [5.74, 6) is -1.79. The van der Waals surface area contributed by atoms with Crippen LogP contribution < -0.4 is 10.1 Å². The highest BCUT2D eigenvalue weighted by Crippen LogP contribution is 2.32. The van der Waals surface area contributed by atoms with Gasteiger partial charge >= 0.3 is 6.18 Å². The predicted molar refractivity (Wildman–Crippen MR) is 80.8 cm³/mol. The average Bonchev–Trinajstić information content (AvgIpc) is 2.55. The largest absolute Gasteiger partial charge is 0.497 e. The van der Waals surface area contributed by atoms with Crippen molar-refractivity contribution in [2.45, 2.75) is 6.18 Å². The number of aromatic nitrogens is 2. The molecule has 0 aliphatic rings. The number of halogens is 4. The number of alkyl halides is 3. The van der Waals surface area contributed by atoms with Crippen molar-refractivity contribution in [2.24, 2.45) is 0 Å². The van der Waals surface area contributed by atoms with Crippen LogP contribution in [0.2, 0.25) is 0 Å². The van der Waals surface area contributed by atoms with Gasteiger partial charge in [0.15, 0.2) is 0 Å². The second-order valence-electron chi connectivity index (χ2n) is 4.88. The van der Waals surface area contributed by atoms with Gasteiger partial charge in [0.1, 0.15) is 22.9 Å². The van der Waals surface area contributed by atoms with Gasteiger partial charge in [-0.2, -0.15) is 13.2 Å². The van der Waals surface area contributed by atoms with E-state index in [1.54, 1.807) is 24.3 Å². The van der Waals surface area contributed by atoms with Gasteiger partial charge in [0, 0.05) is 11.1 Å². The highest BCUT2D eigenvalue weighted by Gasteiger charge is 2.36. The summed E-state index contributed by atoms with van der Waals surface area (Å²) in [7, 11) is 1.50. The van der Waals surface area contributed by atoms with Crippen LogP contribution in [0.15, 0.2) is 42.5 Å². The van der Waals surface area contributed by atoms with Crippen molar-refractivity contribution in [3.8, 4) is 5.75 Å². The molecule has 1 heterocycles. The van der Waals surface area contributed by atoms with E-state index in [-0.39, 0.29) is 11.2 Å². The van der Waals surface area contributed by atoms with Gasteiger partial charge in [0.25, 0.3) is 0 Å². The van der Waals surface area contributed by atoms with E-state index in [1.165, 1.54) is 19.2 Å². The van der Waals surface area contributed by atoms with Gasteiger partial charge in [0.2, 0.25) is 5.82 Å². The number of nitrogens with zero attached hydrogens (tertiary/aromatic N) is 2. The summed E-state index contributed by atoms with van der Waals surface area (Å²) in [5.41, 5.74) is 0.0871. The van der Waals surface area contributed by atoms with Crippen molar-refractivity contribution < 1.29 is 22.3 Å². The molecule has 1 aromatic heterocycles. The molecule has 0 saturated heterocycles. The van der Waals surface area contributed by atoms with E-state index in [4.69, 9.17) is 4.74 Å². The number of anilines is 2. The van der Waals surface area contributed by atoms with Gasteiger partial charge in [-0.05, 0) is 36.4 Å². The molecule has 4 nitrogen and oxygen atoms in total. The quantitative estimate of drug-likeness (QED) is 0.713. The summed E-state index contributed by atoms with van der Waals surface area (Å²) in [4.78, 5) is 6.81. The molecule has 0 saturated carbocycles. The summed E-state index contributed by atoms with van der Waals surface area (Å²) in [6.45, 7) is 0. The van der Waals surface area contributed by atoms with E-state index < -0.39 is 23.3 Å². The Hall–Kier alpha value is -2.90. The molecule has 1 N–H and O–H groups in total. The molecule has 0 bridgehead atoms. The van der Waals surface area contributed by atoms with Crippen LogP contribution in [-0.4, -0.2) is 17.1 Å². The number of ether oxygens (including phenoxy) is 1. The van der Waals surface area contributed by atoms with Crippen molar-refractivity contribution in [1.29, 1.82) is 0 Å². The maximum absolute atomic E-state index is 13.9. The van der Waals surface area contributed by atoms with E-state index >= 15 is 0 Å².